The van der Waals surface area contributed by atoms with Crippen LogP contribution < -0.4 is 11.1 Å². The molecule has 1 aliphatic heterocycles. The number of nitrogens with one attached hydrogen (secondary N) is 1. The van der Waals surface area contributed by atoms with Crippen molar-refractivity contribution >= 4 is 21.6 Å². The molecule has 0 bridgehead atoms. The van der Waals surface area contributed by atoms with Crippen LogP contribution in [0.15, 0.2) is 18.2 Å². The normalized spacial score (nSPS) is 21.6. The number of fused-ring (bicyclic) bond motifs is 1. The molecule has 3 rings (SSSR count). The molecule has 2 aliphatic rings. The van der Waals surface area contributed by atoms with Crippen molar-refractivity contribution in [2.24, 2.45) is 5.92 Å². The number of anilines is 1. The van der Waals surface area contributed by atoms with Gasteiger partial charge in [-0.25, -0.2) is 12.7 Å². The fourth-order valence-corrected chi connectivity index (χ4v) is 5.80. The summed E-state index contributed by atoms with van der Waals surface area (Å²) in [7, 11) is -3.18. The van der Waals surface area contributed by atoms with Crippen LogP contribution in [0.3, 0.4) is 0 Å². The fraction of sp³-hybridized carbons (Fsp3) is 0.650. The largest absolute Gasteiger partial charge is 0.399 e. The molecule has 1 heterocycles. The first-order valence-corrected chi connectivity index (χ1v) is 11.7. The topological polar surface area (TPSA) is 92.5 Å². The van der Waals surface area contributed by atoms with Crippen LogP contribution in [0.1, 0.15) is 62.6 Å². The van der Waals surface area contributed by atoms with Crippen molar-refractivity contribution in [1.82, 2.24) is 9.62 Å². The van der Waals surface area contributed by atoms with E-state index in [1.165, 1.54) is 11.1 Å². The number of amides is 1. The van der Waals surface area contributed by atoms with E-state index in [1.54, 1.807) is 4.31 Å². The number of unbranched alkanes of at least 4 members (excludes halogenated alkanes) is 1. The smallest absolute Gasteiger partial charge is 0.223 e. The van der Waals surface area contributed by atoms with Crippen molar-refractivity contribution in [3.05, 3.63) is 29.3 Å². The highest BCUT2D eigenvalue weighted by Crippen LogP contribution is 2.32. The second-order valence-corrected chi connectivity index (χ2v) is 9.84. The van der Waals surface area contributed by atoms with Gasteiger partial charge in [0.2, 0.25) is 15.9 Å². The van der Waals surface area contributed by atoms with Gasteiger partial charge < -0.3 is 11.1 Å². The number of hydrogen-bond donors (Lipinski definition) is 2. The highest BCUT2D eigenvalue weighted by molar-refractivity contribution is 7.89. The number of nitrogen functional groups attached to an aromatic ring is 1. The molecule has 1 amide bonds. The summed E-state index contributed by atoms with van der Waals surface area (Å²) in [5, 5.41) is 3.20. The zero-order valence-corrected chi connectivity index (χ0v) is 16.9. The SMILES string of the molecule is CCCCS(=O)(=O)N1CCC(C(=O)NC2CCCc3cc(N)ccc32)CC1. The van der Waals surface area contributed by atoms with Gasteiger partial charge in [0.15, 0.2) is 0 Å². The summed E-state index contributed by atoms with van der Waals surface area (Å²) in [6, 6.07) is 5.96. The first kappa shape index (κ1) is 20.1. The molecule has 0 saturated carbocycles. The molecule has 1 unspecified atom stereocenters. The molecule has 0 aromatic heterocycles. The molecule has 0 radical (unpaired) electrons. The third-order valence-corrected chi connectivity index (χ3v) is 7.73. The van der Waals surface area contributed by atoms with Crippen molar-refractivity contribution in [2.75, 3.05) is 24.6 Å². The van der Waals surface area contributed by atoms with Crippen LogP contribution in [0.2, 0.25) is 0 Å². The van der Waals surface area contributed by atoms with E-state index in [2.05, 4.69) is 5.32 Å². The van der Waals surface area contributed by atoms with Gasteiger partial charge in [-0.05, 0) is 61.8 Å². The van der Waals surface area contributed by atoms with Crippen molar-refractivity contribution in [3.8, 4) is 0 Å². The minimum absolute atomic E-state index is 0.0353. The number of benzene rings is 1. The summed E-state index contributed by atoms with van der Waals surface area (Å²) < 4.78 is 26.2. The Morgan fingerprint density at radius 1 is 1.26 bits per heavy atom. The number of carbonyl (C=O) groups is 1. The summed E-state index contributed by atoms with van der Waals surface area (Å²) in [4.78, 5) is 12.8. The summed E-state index contributed by atoms with van der Waals surface area (Å²) in [5.41, 5.74) is 9.04. The Hall–Kier alpha value is -1.60. The van der Waals surface area contributed by atoms with Crippen LogP contribution in [0.5, 0.6) is 0 Å². The monoisotopic (exact) mass is 393 g/mol. The molecule has 1 aromatic rings. The van der Waals surface area contributed by atoms with E-state index in [0.29, 0.717) is 32.4 Å². The van der Waals surface area contributed by atoms with Gasteiger partial charge in [-0.1, -0.05) is 19.4 Å². The minimum Gasteiger partial charge on any atom is -0.399 e. The van der Waals surface area contributed by atoms with Crippen LogP contribution >= 0.6 is 0 Å². The quantitative estimate of drug-likeness (QED) is 0.727. The lowest BCUT2D eigenvalue weighted by Gasteiger charge is -2.32. The number of nitrogens with zero attached hydrogens (tertiary/aromatic N) is 1. The summed E-state index contributed by atoms with van der Waals surface area (Å²) in [6.07, 6.45) is 5.72. The Kier molecular flexibility index (Phi) is 6.42. The summed E-state index contributed by atoms with van der Waals surface area (Å²) in [5.74, 6) is 0.152. The van der Waals surface area contributed by atoms with Gasteiger partial charge in [0.1, 0.15) is 0 Å². The highest BCUT2D eigenvalue weighted by Gasteiger charge is 2.32. The molecule has 1 atom stereocenters. The molecule has 150 valence electrons. The van der Waals surface area contributed by atoms with Crippen molar-refractivity contribution in [1.29, 1.82) is 0 Å². The van der Waals surface area contributed by atoms with Crippen molar-refractivity contribution in [2.45, 2.75) is 57.9 Å². The van der Waals surface area contributed by atoms with E-state index < -0.39 is 10.0 Å². The maximum atomic E-state index is 12.8. The van der Waals surface area contributed by atoms with Crippen LogP contribution in [0.4, 0.5) is 5.69 Å². The predicted octanol–water partition coefficient (Wildman–Crippen LogP) is 2.60. The zero-order valence-electron chi connectivity index (χ0n) is 16.1. The molecule has 1 aromatic carbocycles. The molecule has 3 N–H and O–H groups in total. The third-order valence-electron chi connectivity index (χ3n) is 5.77. The number of rotatable bonds is 6. The number of hydrogen-bond acceptors (Lipinski definition) is 4. The maximum Gasteiger partial charge on any atom is 0.223 e. The molecule has 1 aliphatic carbocycles. The Labute approximate surface area is 162 Å². The van der Waals surface area contributed by atoms with Crippen molar-refractivity contribution in [3.63, 3.8) is 0 Å². The lowest BCUT2D eigenvalue weighted by atomic mass is 9.86. The number of aryl methyl sites for hydroxylation is 1. The maximum absolute atomic E-state index is 12.8. The number of nitrogens with two attached hydrogens (primary N) is 1. The molecular weight excluding hydrogens is 362 g/mol. The molecular formula is C20H31N3O3S. The second kappa shape index (κ2) is 8.61. The standard InChI is InChI=1S/C20H31N3O3S/c1-2-3-13-27(25,26)23-11-9-15(10-12-23)20(24)22-19-6-4-5-16-14-17(21)7-8-18(16)19/h7-8,14-15,19H,2-6,9-13,21H2,1H3,(H,22,24). The van der Waals surface area contributed by atoms with Gasteiger partial charge in [-0.2, -0.15) is 0 Å². The van der Waals surface area contributed by atoms with Crippen LogP contribution in [-0.2, 0) is 21.2 Å². The Bertz CT molecular complexity index is 771. The number of carbonyl (C=O) groups excluding carboxylic acids is 1. The molecule has 1 fully saturated rings. The number of piperidine rings is 1. The van der Waals surface area contributed by atoms with Gasteiger partial charge in [-0.3, -0.25) is 4.79 Å². The van der Waals surface area contributed by atoms with E-state index in [-0.39, 0.29) is 23.6 Å². The molecule has 6 nitrogen and oxygen atoms in total. The lowest BCUT2D eigenvalue weighted by Crippen LogP contribution is -2.44. The van der Waals surface area contributed by atoms with Gasteiger partial charge in [-0.15, -0.1) is 0 Å². The van der Waals surface area contributed by atoms with E-state index in [1.807, 2.05) is 25.1 Å². The minimum atomic E-state index is -3.18. The van der Waals surface area contributed by atoms with Crippen LogP contribution in [0, 0.1) is 5.92 Å². The molecule has 7 heteroatoms. The highest BCUT2D eigenvalue weighted by atomic mass is 32.2. The summed E-state index contributed by atoms with van der Waals surface area (Å²) >= 11 is 0. The Morgan fingerprint density at radius 3 is 2.70 bits per heavy atom. The third kappa shape index (κ3) is 4.82. The van der Waals surface area contributed by atoms with Crippen LogP contribution in [0.25, 0.3) is 0 Å². The second-order valence-electron chi connectivity index (χ2n) is 7.75. The first-order chi connectivity index (χ1) is 12.9. The fourth-order valence-electron chi connectivity index (χ4n) is 4.13. The zero-order chi connectivity index (χ0) is 19.4. The molecule has 27 heavy (non-hydrogen) atoms. The van der Waals surface area contributed by atoms with Gasteiger partial charge in [0.05, 0.1) is 11.8 Å². The van der Waals surface area contributed by atoms with E-state index in [4.69, 9.17) is 5.73 Å². The van der Waals surface area contributed by atoms with E-state index in [0.717, 1.165) is 31.4 Å². The molecule has 1 saturated heterocycles. The van der Waals surface area contributed by atoms with Crippen molar-refractivity contribution < 1.29 is 13.2 Å². The van der Waals surface area contributed by atoms with E-state index in [9.17, 15) is 13.2 Å². The van der Waals surface area contributed by atoms with Gasteiger partial charge in [0, 0.05) is 24.7 Å². The van der Waals surface area contributed by atoms with E-state index >= 15 is 0 Å². The average Bonchev–Trinajstić information content (AvgIpc) is 2.66. The van der Waals surface area contributed by atoms with Gasteiger partial charge in [0.25, 0.3) is 0 Å². The Balaban J connectivity index is 1.57. The predicted molar refractivity (Wildman–Crippen MR) is 108 cm³/mol. The Morgan fingerprint density at radius 2 is 2.00 bits per heavy atom. The first-order valence-electron chi connectivity index (χ1n) is 10.1. The molecule has 0 spiro atoms. The average molecular weight is 394 g/mol. The number of sulfonamides is 1. The van der Waals surface area contributed by atoms with Gasteiger partial charge >= 0.3 is 0 Å². The van der Waals surface area contributed by atoms with Crippen LogP contribution in [-0.4, -0.2) is 37.5 Å². The lowest BCUT2D eigenvalue weighted by molar-refractivity contribution is -0.127. The summed E-state index contributed by atoms with van der Waals surface area (Å²) in [6.45, 7) is 2.88.